The second-order valence-electron chi connectivity index (χ2n) is 7.17. The number of nitrogens with one attached hydrogen (secondary N) is 1. The van der Waals surface area contributed by atoms with Gasteiger partial charge in [0, 0.05) is 28.9 Å². The van der Waals surface area contributed by atoms with Gasteiger partial charge in [0.15, 0.2) is 0 Å². The van der Waals surface area contributed by atoms with Crippen LogP contribution in [0.15, 0.2) is 62.4 Å². The molecule has 2 heterocycles. The van der Waals surface area contributed by atoms with Crippen molar-refractivity contribution in [3.05, 3.63) is 70.3 Å². The summed E-state index contributed by atoms with van der Waals surface area (Å²) in [6.07, 6.45) is 0.443. The zero-order valence-corrected chi connectivity index (χ0v) is 16.3. The summed E-state index contributed by atoms with van der Waals surface area (Å²) in [4.78, 5) is 24.7. The van der Waals surface area contributed by atoms with Crippen molar-refractivity contribution in [3.8, 4) is 11.1 Å². The summed E-state index contributed by atoms with van der Waals surface area (Å²) in [5.41, 5.74) is 3.24. The predicted octanol–water partition coefficient (Wildman–Crippen LogP) is 2.53. The molecule has 0 aliphatic carbocycles. The van der Waals surface area contributed by atoms with Gasteiger partial charge in [-0.1, -0.05) is 30.3 Å². The van der Waals surface area contributed by atoms with E-state index in [0.717, 1.165) is 21.9 Å². The highest BCUT2D eigenvalue weighted by atomic mass is 16.4. The molecule has 7 heteroatoms. The van der Waals surface area contributed by atoms with Crippen LogP contribution in [0, 0.1) is 6.92 Å². The van der Waals surface area contributed by atoms with Gasteiger partial charge in [0.25, 0.3) is 0 Å². The number of aliphatic hydroxyl groups is 2. The molecule has 4 rings (SSSR count). The van der Waals surface area contributed by atoms with Crippen LogP contribution < -0.4 is 10.9 Å². The summed E-state index contributed by atoms with van der Waals surface area (Å²) in [6.45, 7) is 1.23. The Morgan fingerprint density at radius 1 is 1.13 bits per heavy atom. The third kappa shape index (κ3) is 3.72. The number of aryl methyl sites for hydroxylation is 1. The highest BCUT2D eigenvalue weighted by molar-refractivity contribution is 6.02. The van der Waals surface area contributed by atoms with E-state index < -0.39 is 24.2 Å². The van der Waals surface area contributed by atoms with Crippen LogP contribution in [0.5, 0.6) is 0 Å². The van der Waals surface area contributed by atoms with Crippen molar-refractivity contribution >= 4 is 27.8 Å². The zero-order chi connectivity index (χ0) is 21.3. The first-order valence-corrected chi connectivity index (χ1v) is 9.56. The molecule has 0 bridgehead atoms. The van der Waals surface area contributed by atoms with Crippen LogP contribution in [0.3, 0.4) is 0 Å². The van der Waals surface area contributed by atoms with E-state index in [1.807, 2.05) is 36.4 Å². The fourth-order valence-corrected chi connectivity index (χ4v) is 3.47. The number of aliphatic hydroxyl groups excluding tert-OH is 2. The average molecular weight is 407 g/mol. The molecule has 0 spiro atoms. The molecular weight excluding hydrogens is 386 g/mol. The quantitative estimate of drug-likeness (QED) is 0.424. The number of hydrogen-bond donors (Lipinski definition) is 3. The lowest BCUT2D eigenvalue weighted by atomic mass is 9.99. The average Bonchev–Trinajstić information content (AvgIpc) is 3.17. The maximum atomic E-state index is 12.5. The van der Waals surface area contributed by atoms with Gasteiger partial charge in [0.1, 0.15) is 11.2 Å². The monoisotopic (exact) mass is 407 g/mol. The number of carbonyl (C=O) groups is 1. The minimum absolute atomic E-state index is 0.0939. The second kappa shape index (κ2) is 8.14. The molecule has 0 fully saturated rings. The molecule has 2 aromatic heterocycles. The van der Waals surface area contributed by atoms with Crippen molar-refractivity contribution < 1.29 is 23.8 Å². The zero-order valence-electron chi connectivity index (χ0n) is 16.3. The van der Waals surface area contributed by atoms with Crippen molar-refractivity contribution in [3.63, 3.8) is 0 Å². The third-order valence-corrected chi connectivity index (χ3v) is 5.15. The van der Waals surface area contributed by atoms with Gasteiger partial charge in [-0.2, -0.15) is 0 Å². The van der Waals surface area contributed by atoms with Crippen molar-refractivity contribution in [2.45, 2.75) is 19.4 Å². The summed E-state index contributed by atoms with van der Waals surface area (Å²) in [5, 5.41) is 22.3. The molecule has 4 aromatic rings. The Morgan fingerprint density at radius 2 is 1.90 bits per heavy atom. The van der Waals surface area contributed by atoms with E-state index in [4.69, 9.17) is 13.9 Å². The molecule has 30 heavy (non-hydrogen) atoms. The number of amides is 1. The van der Waals surface area contributed by atoms with Crippen LogP contribution in [0.4, 0.5) is 0 Å². The standard InChI is InChI=1S/C23H21NO6/c1-13-16-7-18-19(14-5-3-2-4-6-14)12-29-20(18)9-21(16)30-23(28)17(13)8-22(27)24-10-15(26)11-25/h2-7,9,12,15,25-26H,8,10-11H2,1H3,(H,24,27)/t15-/m1/s1. The molecular formula is C23H21NO6. The summed E-state index contributed by atoms with van der Waals surface area (Å²) < 4.78 is 11.1. The van der Waals surface area contributed by atoms with E-state index in [9.17, 15) is 14.7 Å². The smallest absolute Gasteiger partial charge is 0.340 e. The molecule has 154 valence electrons. The van der Waals surface area contributed by atoms with Crippen LogP contribution in [0.2, 0.25) is 0 Å². The largest absolute Gasteiger partial charge is 0.464 e. The lowest BCUT2D eigenvalue weighted by Gasteiger charge is -2.11. The van der Waals surface area contributed by atoms with Crippen LogP contribution in [0.1, 0.15) is 11.1 Å². The summed E-state index contributed by atoms with van der Waals surface area (Å²) >= 11 is 0. The van der Waals surface area contributed by atoms with Crippen LogP contribution in [-0.2, 0) is 11.2 Å². The Morgan fingerprint density at radius 3 is 2.63 bits per heavy atom. The Bertz CT molecular complexity index is 1270. The molecule has 0 aliphatic rings. The Balaban J connectivity index is 1.75. The SMILES string of the molecule is Cc1c(CC(=O)NC[C@@H](O)CO)c(=O)oc2cc3occ(-c4ccccc4)c3cc12. The van der Waals surface area contributed by atoms with Crippen molar-refractivity contribution in [2.75, 3.05) is 13.2 Å². The molecule has 7 nitrogen and oxygen atoms in total. The maximum absolute atomic E-state index is 12.5. The first-order valence-electron chi connectivity index (χ1n) is 9.56. The van der Waals surface area contributed by atoms with Crippen molar-refractivity contribution in [1.29, 1.82) is 0 Å². The number of benzene rings is 2. The van der Waals surface area contributed by atoms with E-state index in [1.54, 1.807) is 19.3 Å². The summed E-state index contributed by atoms with van der Waals surface area (Å²) in [6, 6.07) is 13.4. The van der Waals surface area contributed by atoms with Crippen LogP contribution >= 0.6 is 0 Å². The minimum atomic E-state index is -1.05. The summed E-state index contributed by atoms with van der Waals surface area (Å²) in [7, 11) is 0. The number of hydrogen-bond acceptors (Lipinski definition) is 6. The highest BCUT2D eigenvalue weighted by Gasteiger charge is 2.18. The van der Waals surface area contributed by atoms with Gasteiger partial charge < -0.3 is 24.4 Å². The molecule has 3 N–H and O–H groups in total. The Hall–Kier alpha value is -3.42. The molecule has 0 unspecified atom stereocenters. The molecule has 1 amide bonds. The fraction of sp³-hybridized carbons (Fsp3) is 0.217. The van der Waals surface area contributed by atoms with Gasteiger partial charge in [-0.3, -0.25) is 4.79 Å². The van der Waals surface area contributed by atoms with E-state index in [0.29, 0.717) is 16.7 Å². The van der Waals surface area contributed by atoms with E-state index in [1.165, 1.54) is 0 Å². The summed E-state index contributed by atoms with van der Waals surface area (Å²) in [5.74, 6) is -0.438. The number of carbonyl (C=O) groups excluding carboxylic acids is 1. The molecule has 0 saturated heterocycles. The van der Waals surface area contributed by atoms with Crippen LogP contribution in [0.25, 0.3) is 33.1 Å². The van der Waals surface area contributed by atoms with Gasteiger partial charge in [0.2, 0.25) is 5.91 Å². The number of furan rings is 1. The Labute approximate surface area is 171 Å². The maximum Gasteiger partial charge on any atom is 0.340 e. The van der Waals surface area contributed by atoms with Gasteiger partial charge >= 0.3 is 5.63 Å². The highest BCUT2D eigenvalue weighted by Crippen LogP contribution is 2.34. The van der Waals surface area contributed by atoms with Gasteiger partial charge in [-0.25, -0.2) is 4.79 Å². The van der Waals surface area contributed by atoms with E-state index in [2.05, 4.69) is 5.32 Å². The minimum Gasteiger partial charge on any atom is -0.464 e. The first kappa shape index (κ1) is 19.9. The van der Waals surface area contributed by atoms with Crippen molar-refractivity contribution in [1.82, 2.24) is 5.32 Å². The molecule has 2 aromatic carbocycles. The van der Waals surface area contributed by atoms with Crippen molar-refractivity contribution in [2.24, 2.45) is 0 Å². The van der Waals surface area contributed by atoms with Crippen LogP contribution in [-0.4, -0.2) is 35.4 Å². The normalized spacial score (nSPS) is 12.4. The number of rotatable bonds is 6. The lowest BCUT2D eigenvalue weighted by molar-refractivity contribution is -0.121. The Kier molecular flexibility index (Phi) is 5.39. The topological polar surface area (TPSA) is 113 Å². The van der Waals surface area contributed by atoms with Gasteiger partial charge in [-0.05, 0) is 24.1 Å². The van der Waals surface area contributed by atoms with E-state index in [-0.39, 0.29) is 18.5 Å². The molecule has 1 atom stereocenters. The van der Waals surface area contributed by atoms with E-state index >= 15 is 0 Å². The second-order valence-corrected chi connectivity index (χ2v) is 7.17. The lowest BCUT2D eigenvalue weighted by Crippen LogP contribution is -2.35. The molecule has 0 radical (unpaired) electrons. The number of fused-ring (bicyclic) bond motifs is 2. The fourth-order valence-electron chi connectivity index (χ4n) is 3.47. The molecule has 0 saturated carbocycles. The molecule has 0 aliphatic heterocycles. The van der Waals surface area contributed by atoms with Gasteiger partial charge in [-0.15, -0.1) is 0 Å². The first-order chi connectivity index (χ1) is 14.5. The predicted molar refractivity (Wildman–Crippen MR) is 112 cm³/mol. The van der Waals surface area contributed by atoms with Gasteiger partial charge in [0.05, 0.1) is 31.0 Å². The third-order valence-electron chi connectivity index (χ3n) is 5.15.